The zero-order valence-corrected chi connectivity index (χ0v) is 9.88. The van der Waals surface area contributed by atoms with Gasteiger partial charge < -0.3 is 0 Å². The highest BCUT2D eigenvalue weighted by Gasteiger charge is 2.13. The van der Waals surface area contributed by atoms with Crippen molar-refractivity contribution in [1.82, 2.24) is 10.4 Å². The molecule has 2 rings (SSSR count). The number of rotatable bonds is 3. The molecule has 0 saturated carbocycles. The lowest BCUT2D eigenvalue weighted by Gasteiger charge is -2.20. The minimum Gasteiger partial charge on any atom is -0.250 e. The fourth-order valence-corrected chi connectivity index (χ4v) is 2.32. The summed E-state index contributed by atoms with van der Waals surface area (Å²) in [5.74, 6) is 0. The molecule has 82 valence electrons. The van der Waals surface area contributed by atoms with Crippen molar-refractivity contribution in [2.24, 2.45) is 0 Å². The molecule has 2 heteroatoms. The van der Waals surface area contributed by atoms with Crippen molar-refractivity contribution in [3.8, 4) is 0 Å². The monoisotopic (exact) mass is 204 g/mol. The minimum absolute atomic E-state index is 0.394. The van der Waals surface area contributed by atoms with E-state index in [1.165, 1.54) is 24.8 Å². The number of nitrogens with one attached hydrogen (secondary N) is 1. The Morgan fingerprint density at radius 1 is 1.20 bits per heavy atom. The van der Waals surface area contributed by atoms with Gasteiger partial charge in [0.2, 0.25) is 0 Å². The Morgan fingerprint density at radius 2 is 1.93 bits per heavy atom. The Bertz CT molecular complexity index is 344. The molecule has 0 radical (unpaired) electrons. The van der Waals surface area contributed by atoms with Gasteiger partial charge in [0.1, 0.15) is 0 Å². The summed E-state index contributed by atoms with van der Waals surface area (Å²) in [4.78, 5) is 0. The third-order valence-electron chi connectivity index (χ3n) is 3.07. The molecule has 1 unspecified atom stereocenters. The van der Waals surface area contributed by atoms with Crippen LogP contribution in [0.2, 0.25) is 0 Å². The van der Waals surface area contributed by atoms with E-state index in [2.05, 4.69) is 30.5 Å². The van der Waals surface area contributed by atoms with Crippen molar-refractivity contribution in [3.05, 3.63) is 34.9 Å². The molecule has 0 fully saturated rings. The van der Waals surface area contributed by atoms with Crippen molar-refractivity contribution in [2.75, 3.05) is 14.1 Å². The van der Waals surface area contributed by atoms with E-state index in [0.29, 0.717) is 6.04 Å². The SMILES string of the molecule is CC(NN(C)C)c1ccc2c(c1)CCC2. The van der Waals surface area contributed by atoms with E-state index in [1.807, 2.05) is 19.1 Å². The quantitative estimate of drug-likeness (QED) is 0.760. The summed E-state index contributed by atoms with van der Waals surface area (Å²) in [7, 11) is 4.06. The average molecular weight is 204 g/mol. The largest absolute Gasteiger partial charge is 0.250 e. The van der Waals surface area contributed by atoms with E-state index in [4.69, 9.17) is 0 Å². The van der Waals surface area contributed by atoms with Gasteiger partial charge in [-0.3, -0.25) is 5.01 Å². The number of nitrogens with zero attached hydrogens (tertiary/aromatic N) is 1. The van der Waals surface area contributed by atoms with Crippen LogP contribution in [0.3, 0.4) is 0 Å². The third-order valence-corrected chi connectivity index (χ3v) is 3.07. The molecular formula is C13H20N2. The normalized spacial score (nSPS) is 16.8. The molecule has 1 aromatic rings. The first kappa shape index (κ1) is 10.7. The van der Waals surface area contributed by atoms with Crippen molar-refractivity contribution >= 4 is 0 Å². The molecule has 1 aliphatic carbocycles. The molecule has 0 amide bonds. The fourth-order valence-electron chi connectivity index (χ4n) is 2.32. The number of fused-ring (bicyclic) bond motifs is 1. The van der Waals surface area contributed by atoms with Crippen molar-refractivity contribution in [2.45, 2.75) is 32.2 Å². The molecule has 0 aliphatic heterocycles. The Kier molecular flexibility index (Phi) is 3.08. The van der Waals surface area contributed by atoms with Crippen LogP contribution in [-0.4, -0.2) is 19.1 Å². The van der Waals surface area contributed by atoms with E-state index in [1.54, 1.807) is 11.1 Å². The van der Waals surface area contributed by atoms with Gasteiger partial charge in [0.15, 0.2) is 0 Å². The van der Waals surface area contributed by atoms with Gasteiger partial charge in [-0.05, 0) is 42.9 Å². The molecular weight excluding hydrogens is 184 g/mol. The van der Waals surface area contributed by atoms with Crippen LogP contribution in [0.4, 0.5) is 0 Å². The predicted molar refractivity (Wildman–Crippen MR) is 63.7 cm³/mol. The average Bonchev–Trinajstić information content (AvgIpc) is 2.62. The van der Waals surface area contributed by atoms with E-state index in [-0.39, 0.29) is 0 Å². The maximum absolute atomic E-state index is 3.38. The topological polar surface area (TPSA) is 15.3 Å². The van der Waals surface area contributed by atoms with Crippen molar-refractivity contribution in [1.29, 1.82) is 0 Å². The number of benzene rings is 1. The van der Waals surface area contributed by atoms with Crippen molar-refractivity contribution in [3.63, 3.8) is 0 Å². The lowest BCUT2D eigenvalue weighted by Crippen LogP contribution is -2.32. The first-order valence-corrected chi connectivity index (χ1v) is 5.72. The maximum Gasteiger partial charge on any atom is 0.0436 e. The molecule has 0 spiro atoms. The first-order chi connectivity index (χ1) is 7.16. The van der Waals surface area contributed by atoms with E-state index in [9.17, 15) is 0 Å². The smallest absolute Gasteiger partial charge is 0.0436 e. The van der Waals surface area contributed by atoms with Gasteiger partial charge in [0.25, 0.3) is 0 Å². The summed E-state index contributed by atoms with van der Waals surface area (Å²) in [6.45, 7) is 2.21. The summed E-state index contributed by atoms with van der Waals surface area (Å²) in [6.07, 6.45) is 3.86. The Labute approximate surface area is 92.3 Å². The Morgan fingerprint density at radius 3 is 2.67 bits per heavy atom. The molecule has 0 bridgehead atoms. The number of hydrogen-bond donors (Lipinski definition) is 1. The summed E-state index contributed by atoms with van der Waals surface area (Å²) in [6, 6.07) is 7.31. The van der Waals surface area contributed by atoms with Crippen LogP contribution in [-0.2, 0) is 12.8 Å². The van der Waals surface area contributed by atoms with Gasteiger partial charge in [-0.25, -0.2) is 5.43 Å². The standard InChI is InChI=1S/C13H20N2/c1-10(14-15(2)3)12-8-7-11-5-4-6-13(11)9-12/h7-10,14H,4-6H2,1-3H3. The van der Waals surface area contributed by atoms with Gasteiger partial charge in [0, 0.05) is 20.1 Å². The molecule has 0 aromatic heterocycles. The third kappa shape index (κ3) is 2.39. The van der Waals surface area contributed by atoms with Crippen LogP contribution in [0.15, 0.2) is 18.2 Å². The second kappa shape index (κ2) is 4.33. The number of hydrogen-bond acceptors (Lipinski definition) is 2. The minimum atomic E-state index is 0.394. The summed E-state index contributed by atoms with van der Waals surface area (Å²) < 4.78 is 0. The zero-order chi connectivity index (χ0) is 10.8. The summed E-state index contributed by atoms with van der Waals surface area (Å²) in [5, 5.41) is 2.01. The van der Waals surface area contributed by atoms with Gasteiger partial charge >= 0.3 is 0 Å². The molecule has 2 nitrogen and oxygen atoms in total. The van der Waals surface area contributed by atoms with E-state index in [0.717, 1.165) is 0 Å². The van der Waals surface area contributed by atoms with Gasteiger partial charge in [-0.15, -0.1) is 0 Å². The Hall–Kier alpha value is -0.860. The van der Waals surface area contributed by atoms with Crippen LogP contribution in [0.25, 0.3) is 0 Å². The van der Waals surface area contributed by atoms with E-state index < -0.39 is 0 Å². The Balaban J connectivity index is 2.15. The van der Waals surface area contributed by atoms with Crippen molar-refractivity contribution < 1.29 is 0 Å². The molecule has 1 aromatic carbocycles. The zero-order valence-electron chi connectivity index (χ0n) is 9.88. The molecule has 0 saturated heterocycles. The van der Waals surface area contributed by atoms with Crippen LogP contribution >= 0.6 is 0 Å². The number of hydrazine groups is 1. The predicted octanol–water partition coefficient (Wildman–Crippen LogP) is 2.30. The van der Waals surface area contributed by atoms with E-state index >= 15 is 0 Å². The highest BCUT2D eigenvalue weighted by atomic mass is 15.5. The number of aryl methyl sites for hydroxylation is 2. The summed E-state index contributed by atoms with van der Waals surface area (Å²) >= 11 is 0. The van der Waals surface area contributed by atoms with Gasteiger partial charge in [-0.1, -0.05) is 18.2 Å². The van der Waals surface area contributed by atoms with Gasteiger partial charge in [-0.2, -0.15) is 0 Å². The summed E-state index contributed by atoms with van der Waals surface area (Å²) in [5.41, 5.74) is 7.88. The van der Waals surface area contributed by atoms with Crippen LogP contribution in [0.5, 0.6) is 0 Å². The fraction of sp³-hybridized carbons (Fsp3) is 0.538. The van der Waals surface area contributed by atoms with Gasteiger partial charge in [0.05, 0.1) is 0 Å². The maximum atomic E-state index is 3.38. The second-order valence-electron chi connectivity index (χ2n) is 4.63. The van der Waals surface area contributed by atoms with Crippen LogP contribution in [0, 0.1) is 0 Å². The molecule has 1 atom stereocenters. The first-order valence-electron chi connectivity index (χ1n) is 5.72. The lowest BCUT2D eigenvalue weighted by molar-refractivity contribution is 0.252. The van der Waals surface area contributed by atoms with Crippen LogP contribution < -0.4 is 5.43 Å². The highest BCUT2D eigenvalue weighted by Crippen LogP contribution is 2.25. The lowest BCUT2D eigenvalue weighted by atomic mass is 10.0. The highest BCUT2D eigenvalue weighted by molar-refractivity contribution is 5.36. The van der Waals surface area contributed by atoms with Crippen LogP contribution in [0.1, 0.15) is 36.1 Å². The molecule has 15 heavy (non-hydrogen) atoms. The molecule has 0 heterocycles. The second-order valence-corrected chi connectivity index (χ2v) is 4.63. The molecule has 1 aliphatic rings. The molecule has 1 N–H and O–H groups in total.